The summed E-state index contributed by atoms with van der Waals surface area (Å²) >= 11 is 0. The van der Waals surface area contributed by atoms with E-state index >= 15 is 0 Å². The molecule has 1 aromatic carbocycles. The maximum absolute atomic E-state index is 8.90. The van der Waals surface area contributed by atoms with Gasteiger partial charge in [-0.15, -0.1) is 0 Å². The molecule has 2 heteroatoms. The molecule has 0 fully saturated rings. The summed E-state index contributed by atoms with van der Waals surface area (Å²) in [4.78, 5) is 0. The standard InChI is InChI=1S/C12H8N2/c13-7-9-5-6-10(8-14)12-4-2-1-3-11(9)12/h1-2,5-6H,3-4H2. The van der Waals surface area contributed by atoms with Gasteiger partial charge in [-0.3, -0.25) is 0 Å². The summed E-state index contributed by atoms with van der Waals surface area (Å²) in [6.07, 6.45) is 5.64. The van der Waals surface area contributed by atoms with Crippen LogP contribution in [0.4, 0.5) is 0 Å². The average Bonchev–Trinajstić information content (AvgIpc) is 2.27. The molecular weight excluding hydrogens is 172 g/mol. The van der Waals surface area contributed by atoms with Gasteiger partial charge in [-0.25, -0.2) is 0 Å². The second-order valence-corrected chi connectivity index (χ2v) is 3.22. The number of fused-ring (bicyclic) bond motifs is 1. The van der Waals surface area contributed by atoms with Gasteiger partial charge >= 0.3 is 0 Å². The third kappa shape index (κ3) is 1.18. The van der Waals surface area contributed by atoms with Crippen molar-refractivity contribution in [3.05, 3.63) is 46.5 Å². The van der Waals surface area contributed by atoms with Gasteiger partial charge in [-0.1, -0.05) is 12.2 Å². The summed E-state index contributed by atoms with van der Waals surface area (Å²) in [6, 6.07) is 7.79. The summed E-state index contributed by atoms with van der Waals surface area (Å²) in [5.74, 6) is 0. The van der Waals surface area contributed by atoms with Crippen molar-refractivity contribution in [2.75, 3.05) is 0 Å². The molecule has 0 bridgehead atoms. The van der Waals surface area contributed by atoms with Gasteiger partial charge in [0.2, 0.25) is 0 Å². The summed E-state index contributed by atoms with van der Waals surface area (Å²) in [5, 5.41) is 17.8. The maximum Gasteiger partial charge on any atom is 0.0994 e. The highest BCUT2D eigenvalue weighted by molar-refractivity contribution is 5.53. The van der Waals surface area contributed by atoms with Crippen LogP contribution in [0.15, 0.2) is 24.3 Å². The summed E-state index contributed by atoms with van der Waals surface area (Å²) in [5.41, 5.74) is 3.44. The van der Waals surface area contributed by atoms with Gasteiger partial charge in [-0.05, 0) is 36.1 Å². The number of benzene rings is 1. The van der Waals surface area contributed by atoms with Gasteiger partial charge in [0, 0.05) is 0 Å². The molecule has 1 aliphatic carbocycles. The number of hydrogen-bond acceptors (Lipinski definition) is 2. The third-order valence-electron chi connectivity index (χ3n) is 2.48. The lowest BCUT2D eigenvalue weighted by Gasteiger charge is -2.13. The Morgan fingerprint density at radius 2 is 1.29 bits per heavy atom. The monoisotopic (exact) mass is 180 g/mol. The molecular formula is C12H8N2. The van der Waals surface area contributed by atoms with E-state index in [1.807, 2.05) is 12.2 Å². The molecule has 14 heavy (non-hydrogen) atoms. The van der Waals surface area contributed by atoms with Gasteiger partial charge in [0.15, 0.2) is 0 Å². The van der Waals surface area contributed by atoms with Crippen molar-refractivity contribution in [2.24, 2.45) is 0 Å². The van der Waals surface area contributed by atoms with Crippen molar-refractivity contribution in [3.63, 3.8) is 0 Å². The van der Waals surface area contributed by atoms with Gasteiger partial charge < -0.3 is 0 Å². The van der Waals surface area contributed by atoms with E-state index < -0.39 is 0 Å². The van der Waals surface area contributed by atoms with E-state index in [1.165, 1.54) is 0 Å². The van der Waals surface area contributed by atoms with Crippen LogP contribution >= 0.6 is 0 Å². The largest absolute Gasteiger partial charge is 0.192 e. The lowest BCUT2D eigenvalue weighted by molar-refractivity contribution is 1.07. The van der Waals surface area contributed by atoms with E-state index in [4.69, 9.17) is 10.5 Å². The number of nitrogens with zero attached hydrogens (tertiary/aromatic N) is 2. The average molecular weight is 180 g/mol. The van der Waals surface area contributed by atoms with E-state index in [2.05, 4.69) is 12.1 Å². The van der Waals surface area contributed by atoms with Crippen LogP contribution in [0.2, 0.25) is 0 Å². The highest BCUT2D eigenvalue weighted by atomic mass is 14.3. The van der Waals surface area contributed by atoms with Crippen molar-refractivity contribution in [2.45, 2.75) is 12.8 Å². The molecule has 0 radical (unpaired) electrons. The van der Waals surface area contributed by atoms with Gasteiger partial charge in [0.25, 0.3) is 0 Å². The summed E-state index contributed by atoms with van der Waals surface area (Å²) in [7, 11) is 0. The molecule has 0 spiro atoms. The van der Waals surface area contributed by atoms with Crippen molar-refractivity contribution >= 4 is 0 Å². The van der Waals surface area contributed by atoms with Crippen LogP contribution in [-0.4, -0.2) is 0 Å². The molecule has 0 aromatic heterocycles. The minimum atomic E-state index is 0.698. The SMILES string of the molecule is N#Cc1ccc(C#N)c2c1CC=CC2. The zero-order valence-electron chi connectivity index (χ0n) is 7.62. The van der Waals surface area contributed by atoms with Crippen LogP contribution in [0, 0.1) is 22.7 Å². The topological polar surface area (TPSA) is 47.6 Å². The van der Waals surface area contributed by atoms with E-state index in [0.717, 1.165) is 24.0 Å². The minimum absolute atomic E-state index is 0.698. The molecule has 2 rings (SSSR count). The van der Waals surface area contributed by atoms with Crippen molar-refractivity contribution < 1.29 is 0 Å². The quantitative estimate of drug-likeness (QED) is 0.574. The molecule has 0 N–H and O–H groups in total. The summed E-state index contributed by atoms with van der Waals surface area (Å²) in [6.45, 7) is 0. The molecule has 0 saturated carbocycles. The van der Waals surface area contributed by atoms with Crippen molar-refractivity contribution in [3.8, 4) is 12.1 Å². The van der Waals surface area contributed by atoms with E-state index in [0.29, 0.717) is 11.1 Å². The molecule has 2 nitrogen and oxygen atoms in total. The highest BCUT2D eigenvalue weighted by Crippen LogP contribution is 2.23. The molecule has 1 aliphatic rings. The first-order valence-corrected chi connectivity index (χ1v) is 4.46. The van der Waals surface area contributed by atoms with Gasteiger partial charge in [-0.2, -0.15) is 10.5 Å². The Morgan fingerprint density at radius 3 is 1.64 bits per heavy atom. The fourth-order valence-corrected chi connectivity index (χ4v) is 1.77. The fraction of sp³-hybridized carbons (Fsp3) is 0.167. The van der Waals surface area contributed by atoms with Crippen LogP contribution in [0.5, 0.6) is 0 Å². The first-order chi connectivity index (χ1) is 6.86. The fourth-order valence-electron chi connectivity index (χ4n) is 1.77. The molecule has 0 unspecified atom stereocenters. The van der Waals surface area contributed by atoms with Crippen molar-refractivity contribution in [1.29, 1.82) is 10.5 Å². The van der Waals surface area contributed by atoms with E-state index in [1.54, 1.807) is 12.1 Å². The third-order valence-corrected chi connectivity index (χ3v) is 2.48. The number of hydrogen-bond donors (Lipinski definition) is 0. The molecule has 0 aliphatic heterocycles. The minimum Gasteiger partial charge on any atom is -0.192 e. The second kappa shape index (κ2) is 3.36. The van der Waals surface area contributed by atoms with Crippen LogP contribution in [0.3, 0.4) is 0 Å². The van der Waals surface area contributed by atoms with Crippen LogP contribution < -0.4 is 0 Å². The Labute approximate surface area is 82.7 Å². The number of allylic oxidation sites excluding steroid dienone is 2. The second-order valence-electron chi connectivity index (χ2n) is 3.22. The molecule has 1 aromatic rings. The molecule has 0 atom stereocenters. The Morgan fingerprint density at radius 1 is 0.857 bits per heavy atom. The highest BCUT2D eigenvalue weighted by Gasteiger charge is 2.13. The van der Waals surface area contributed by atoms with Crippen LogP contribution in [0.25, 0.3) is 0 Å². The smallest absolute Gasteiger partial charge is 0.0994 e. The number of rotatable bonds is 0. The Kier molecular flexibility index (Phi) is 2.05. The van der Waals surface area contributed by atoms with Gasteiger partial charge in [0.05, 0.1) is 23.3 Å². The van der Waals surface area contributed by atoms with Gasteiger partial charge in [0.1, 0.15) is 0 Å². The first-order valence-electron chi connectivity index (χ1n) is 4.46. The maximum atomic E-state index is 8.90. The van der Waals surface area contributed by atoms with Crippen molar-refractivity contribution in [1.82, 2.24) is 0 Å². The van der Waals surface area contributed by atoms with Crippen LogP contribution in [0.1, 0.15) is 22.3 Å². The molecule has 0 saturated heterocycles. The Hall–Kier alpha value is -2.06. The van der Waals surface area contributed by atoms with Crippen LogP contribution in [-0.2, 0) is 12.8 Å². The molecule has 66 valence electrons. The number of nitriles is 2. The predicted octanol–water partition coefficient (Wildman–Crippen LogP) is 2.08. The zero-order valence-corrected chi connectivity index (χ0v) is 7.62. The van der Waals surface area contributed by atoms with E-state index in [-0.39, 0.29) is 0 Å². The lowest BCUT2D eigenvalue weighted by atomic mass is 9.89. The normalized spacial score (nSPS) is 12.7. The Bertz CT molecular complexity index is 439. The molecule has 0 amide bonds. The van der Waals surface area contributed by atoms with E-state index in [9.17, 15) is 0 Å². The predicted molar refractivity (Wildman–Crippen MR) is 52.4 cm³/mol. The Balaban J connectivity index is 2.68. The molecule has 0 heterocycles. The zero-order chi connectivity index (χ0) is 9.97. The lowest BCUT2D eigenvalue weighted by Crippen LogP contribution is -2.03. The first kappa shape index (κ1) is 8.53. The summed E-state index contributed by atoms with van der Waals surface area (Å²) < 4.78 is 0.